The van der Waals surface area contributed by atoms with E-state index in [1.54, 1.807) is 36.2 Å². The molecule has 0 radical (unpaired) electrons. The van der Waals surface area contributed by atoms with Crippen LogP contribution < -0.4 is 5.32 Å². The van der Waals surface area contributed by atoms with Crippen molar-refractivity contribution in [3.63, 3.8) is 0 Å². The highest BCUT2D eigenvalue weighted by atomic mass is 16.2. The number of carbonyl (C=O) groups excluding carboxylic acids is 2. The quantitative estimate of drug-likeness (QED) is 0.892. The fraction of sp³-hybridized carbons (Fsp3) is 0.333. The second-order valence-corrected chi connectivity index (χ2v) is 7.29. The molecule has 0 saturated heterocycles. The fourth-order valence-electron chi connectivity index (χ4n) is 2.38. The number of hydrogen-bond acceptors (Lipinski definition) is 2. The Labute approximate surface area is 149 Å². The fourth-order valence-corrected chi connectivity index (χ4v) is 2.38. The standard InChI is InChI=1S/C21H26N2O2/c1-15(16-10-7-6-8-11-16)23(5)19(24)17-12-9-13-18(14-17)22-20(25)21(2,3)4/h6-15H,1-5H3,(H,22,25). The molecule has 0 saturated carbocycles. The summed E-state index contributed by atoms with van der Waals surface area (Å²) in [5, 5.41) is 2.87. The first-order valence-corrected chi connectivity index (χ1v) is 8.44. The molecule has 0 aliphatic heterocycles. The molecule has 0 aromatic heterocycles. The minimum Gasteiger partial charge on any atom is -0.335 e. The lowest BCUT2D eigenvalue weighted by Gasteiger charge is -2.25. The Hall–Kier alpha value is -2.62. The van der Waals surface area contributed by atoms with Crippen LogP contribution >= 0.6 is 0 Å². The summed E-state index contributed by atoms with van der Waals surface area (Å²) in [5.74, 6) is -0.161. The molecule has 0 heterocycles. The monoisotopic (exact) mass is 338 g/mol. The number of carbonyl (C=O) groups is 2. The number of amides is 2. The first-order valence-electron chi connectivity index (χ1n) is 8.44. The second kappa shape index (κ2) is 7.51. The van der Waals surface area contributed by atoms with Crippen LogP contribution in [0, 0.1) is 5.41 Å². The molecule has 0 fully saturated rings. The van der Waals surface area contributed by atoms with E-state index < -0.39 is 5.41 Å². The maximum absolute atomic E-state index is 12.8. The zero-order valence-corrected chi connectivity index (χ0v) is 15.5. The van der Waals surface area contributed by atoms with Gasteiger partial charge in [0.05, 0.1) is 6.04 Å². The normalized spacial score (nSPS) is 12.4. The van der Waals surface area contributed by atoms with Gasteiger partial charge in [-0.05, 0) is 30.7 Å². The third-order valence-corrected chi connectivity index (χ3v) is 4.23. The average molecular weight is 338 g/mol. The van der Waals surface area contributed by atoms with Gasteiger partial charge in [0.25, 0.3) is 5.91 Å². The molecule has 2 amide bonds. The van der Waals surface area contributed by atoms with Crippen molar-refractivity contribution in [1.29, 1.82) is 0 Å². The van der Waals surface area contributed by atoms with Gasteiger partial charge in [-0.3, -0.25) is 9.59 Å². The Morgan fingerprint density at radius 2 is 1.64 bits per heavy atom. The van der Waals surface area contributed by atoms with Gasteiger partial charge in [0.1, 0.15) is 0 Å². The van der Waals surface area contributed by atoms with Gasteiger partial charge in [0, 0.05) is 23.7 Å². The summed E-state index contributed by atoms with van der Waals surface area (Å²) in [5.41, 5.74) is 1.78. The first kappa shape index (κ1) is 18.7. The van der Waals surface area contributed by atoms with Gasteiger partial charge >= 0.3 is 0 Å². The van der Waals surface area contributed by atoms with E-state index in [9.17, 15) is 9.59 Å². The molecule has 0 spiro atoms. The highest BCUT2D eigenvalue weighted by Crippen LogP contribution is 2.22. The summed E-state index contributed by atoms with van der Waals surface area (Å²) in [6, 6.07) is 16.9. The molecular formula is C21H26N2O2. The molecule has 1 N–H and O–H groups in total. The number of anilines is 1. The van der Waals surface area contributed by atoms with Crippen molar-refractivity contribution in [3.05, 3.63) is 65.7 Å². The topological polar surface area (TPSA) is 49.4 Å². The minimum atomic E-state index is -0.487. The number of nitrogens with one attached hydrogen (secondary N) is 1. The van der Waals surface area contributed by atoms with Gasteiger partial charge in [-0.2, -0.15) is 0 Å². The van der Waals surface area contributed by atoms with E-state index in [2.05, 4.69) is 5.32 Å². The van der Waals surface area contributed by atoms with Crippen LogP contribution in [0.5, 0.6) is 0 Å². The Morgan fingerprint density at radius 3 is 2.24 bits per heavy atom. The molecule has 2 rings (SSSR count). The molecule has 0 aliphatic carbocycles. The minimum absolute atomic E-state index is 0.0403. The van der Waals surface area contributed by atoms with Gasteiger partial charge in [0.15, 0.2) is 0 Å². The Kier molecular flexibility index (Phi) is 5.62. The lowest BCUT2D eigenvalue weighted by Crippen LogP contribution is -2.30. The van der Waals surface area contributed by atoms with E-state index in [1.165, 1.54) is 0 Å². The zero-order valence-electron chi connectivity index (χ0n) is 15.5. The van der Waals surface area contributed by atoms with Crippen molar-refractivity contribution in [2.45, 2.75) is 33.7 Å². The summed E-state index contributed by atoms with van der Waals surface area (Å²) >= 11 is 0. The Balaban J connectivity index is 2.17. The van der Waals surface area contributed by atoms with E-state index in [0.717, 1.165) is 5.56 Å². The first-order chi connectivity index (χ1) is 11.7. The molecule has 4 nitrogen and oxygen atoms in total. The van der Waals surface area contributed by atoms with Gasteiger partial charge < -0.3 is 10.2 Å². The van der Waals surface area contributed by atoms with Crippen LogP contribution in [0.15, 0.2) is 54.6 Å². The summed E-state index contributed by atoms with van der Waals surface area (Å²) in [4.78, 5) is 26.7. The molecule has 2 aromatic carbocycles. The summed E-state index contributed by atoms with van der Waals surface area (Å²) in [6.45, 7) is 7.56. The van der Waals surface area contributed by atoms with Crippen molar-refractivity contribution >= 4 is 17.5 Å². The molecule has 25 heavy (non-hydrogen) atoms. The van der Waals surface area contributed by atoms with Crippen molar-refractivity contribution in [2.75, 3.05) is 12.4 Å². The largest absolute Gasteiger partial charge is 0.335 e. The van der Waals surface area contributed by atoms with Crippen molar-refractivity contribution in [1.82, 2.24) is 4.90 Å². The maximum atomic E-state index is 12.8. The molecule has 0 aliphatic rings. The van der Waals surface area contributed by atoms with Crippen LogP contribution in [0.1, 0.15) is 49.7 Å². The van der Waals surface area contributed by atoms with E-state index >= 15 is 0 Å². The number of hydrogen-bond donors (Lipinski definition) is 1. The van der Waals surface area contributed by atoms with E-state index in [4.69, 9.17) is 0 Å². The molecule has 1 atom stereocenters. The third-order valence-electron chi connectivity index (χ3n) is 4.23. The summed E-state index contributed by atoms with van der Waals surface area (Å²) in [7, 11) is 1.79. The van der Waals surface area contributed by atoms with Crippen molar-refractivity contribution in [2.24, 2.45) is 5.41 Å². The van der Waals surface area contributed by atoms with Crippen LogP contribution in [0.3, 0.4) is 0 Å². The molecule has 4 heteroatoms. The summed E-state index contributed by atoms with van der Waals surface area (Å²) in [6.07, 6.45) is 0. The molecular weight excluding hydrogens is 312 g/mol. The van der Waals surface area contributed by atoms with E-state index in [1.807, 2.05) is 58.0 Å². The SMILES string of the molecule is CC(c1ccccc1)N(C)C(=O)c1cccc(NC(=O)C(C)(C)C)c1. The van der Waals surface area contributed by atoms with Crippen LogP contribution in [-0.2, 0) is 4.79 Å². The van der Waals surface area contributed by atoms with Crippen LogP contribution in [0.4, 0.5) is 5.69 Å². The second-order valence-electron chi connectivity index (χ2n) is 7.29. The van der Waals surface area contributed by atoms with Crippen LogP contribution in [-0.4, -0.2) is 23.8 Å². The van der Waals surface area contributed by atoms with Gasteiger partial charge in [-0.15, -0.1) is 0 Å². The lowest BCUT2D eigenvalue weighted by atomic mass is 9.95. The molecule has 1 unspecified atom stereocenters. The van der Waals surface area contributed by atoms with Crippen LogP contribution in [0.2, 0.25) is 0 Å². The third kappa shape index (κ3) is 4.69. The van der Waals surface area contributed by atoms with E-state index in [-0.39, 0.29) is 17.9 Å². The Morgan fingerprint density at radius 1 is 1.00 bits per heavy atom. The number of benzene rings is 2. The lowest BCUT2D eigenvalue weighted by molar-refractivity contribution is -0.123. The molecule has 0 bridgehead atoms. The number of rotatable bonds is 4. The molecule has 2 aromatic rings. The van der Waals surface area contributed by atoms with Crippen molar-refractivity contribution < 1.29 is 9.59 Å². The van der Waals surface area contributed by atoms with E-state index in [0.29, 0.717) is 11.3 Å². The van der Waals surface area contributed by atoms with Gasteiger partial charge in [-0.25, -0.2) is 0 Å². The molecule has 132 valence electrons. The maximum Gasteiger partial charge on any atom is 0.254 e. The van der Waals surface area contributed by atoms with Gasteiger partial charge in [-0.1, -0.05) is 57.2 Å². The Bertz CT molecular complexity index is 748. The van der Waals surface area contributed by atoms with Gasteiger partial charge in [0.2, 0.25) is 5.91 Å². The smallest absolute Gasteiger partial charge is 0.254 e. The highest BCUT2D eigenvalue weighted by molar-refractivity contribution is 5.98. The zero-order chi connectivity index (χ0) is 18.6. The van der Waals surface area contributed by atoms with Crippen LogP contribution in [0.25, 0.3) is 0 Å². The number of nitrogens with zero attached hydrogens (tertiary/aromatic N) is 1. The average Bonchev–Trinajstić information content (AvgIpc) is 2.60. The summed E-state index contributed by atoms with van der Waals surface area (Å²) < 4.78 is 0. The highest BCUT2D eigenvalue weighted by Gasteiger charge is 2.22. The van der Waals surface area contributed by atoms with Crippen molar-refractivity contribution in [3.8, 4) is 0 Å². The predicted molar refractivity (Wildman–Crippen MR) is 101 cm³/mol. The predicted octanol–water partition coefficient (Wildman–Crippen LogP) is 4.50.